The normalized spacial score (nSPS) is 12.7. The summed E-state index contributed by atoms with van der Waals surface area (Å²) >= 11 is 0. The Bertz CT molecular complexity index is 639. The fourth-order valence-electron chi connectivity index (χ4n) is 2.05. The quantitative estimate of drug-likeness (QED) is 0.874. The Morgan fingerprint density at radius 1 is 1.04 bits per heavy atom. The van der Waals surface area contributed by atoms with Gasteiger partial charge in [-0.05, 0) is 36.8 Å². The molecule has 0 fully saturated rings. The molecular formula is C17H17F3N2O. The average molecular weight is 322 g/mol. The van der Waals surface area contributed by atoms with E-state index in [0.717, 1.165) is 17.7 Å². The number of hydrogen-bond donors (Lipinski definition) is 2. The summed E-state index contributed by atoms with van der Waals surface area (Å²) in [6.45, 7) is 2.00. The molecule has 0 saturated heterocycles. The van der Waals surface area contributed by atoms with E-state index in [1.807, 2.05) is 37.3 Å². The van der Waals surface area contributed by atoms with Crippen molar-refractivity contribution in [3.8, 4) is 0 Å². The first-order valence-electron chi connectivity index (χ1n) is 7.11. The zero-order valence-electron chi connectivity index (χ0n) is 12.5. The van der Waals surface area contributed by atoms with Crippen LogP contribution in [-0.2, 0) is 11.0 Å². The van der Waals surface area contributed by atoms with Crippen LogP contribution < -0.4 is 10.6 Å². The second kappa shape index (κ2) is 7.28. The number of alkyl halides is 3. The third-order valence-corrected chi connectivity index (χ3v) is 3.36. The van der Waals surface area contributed by atoms with Crippen LogP contribution in [0.5, 0.6) is 0 Å². The molecule has 0 unspecified atom stereocenters. The van der Waals surface area contributed by atoms with Crippen LogP contribution in [0.1, 0.15) is 24.1 Å². The maximum Gasteiger partial charge on any atom is 0.416 e. The third kappa shape index (κ3) is 5.10. The molecule has 0 heterocycles. The molecular weight excluding hydrogens is 305 g/mol. The van der Waals surface area contributed by atoms with E-state index in [2.05, 4.69) is 10.6 Å². The molecule has 0 aromatic heterocycles. The Morgan fingerprint density at radius 3 is 2.22 bits per heavy atom. The van der Waals surface area contributed by atoms with Crippen LogP contribution in [0.15, 0.2) is 54.6 Å². The summed E-state index contributed by atoms with van der Waals surface area (Å²) in [6, 6.07) is 14.0. The largest absolute Gasteiger partial charge is 0.416 e. The van der Waals surface area contributed by atoms with Crippen LogP contribution >= 0.6 is 0 Å². The molecule has 122 valence electrons. The Hall–Kier alpha value is -2.34. The number of carbonyl (C=O) groups is 1. The second-order valence-corrected chi connectivity index (χ2v) is 5.14. The van der Waals surface area contributed by atoms with Crippen LogP contribution in [-0.4, -0.2) is 12.5 Å². The number of carbonyl (C=O) groups excluding carboxylic acids is 1. The summed E-state index contributed by atoms with van der Waals surface area (Å²) in [5, 5.41) is 5.62. The van der Waals surface area contributed by atoms with Crippen molar-refractivity contribution in [3.05, 3.63) is 65.7 Å². The van der Waals surface area contributed by atoms with Gasteiger partial charge >= 0.3 is 6.18 Å². The number of hydrogen-bond acceptors (Lipinski definition) is 2. The molecule has 23 heavy (non-hydrogen) atoms. The molecule has 0 aliphatic heterocycles. The van der Waals surface area contributed by atoms with Gasteiger partial charge in [0, 0.05) is 11.7 Å². The molecule has 1 amide bonds. The minimum absolute atomic E-state index is 0.00504. The first-order chi connectivity index (χ1) is 10.9. The lowest BCUT2D eigenvalue weighted by Gasteiger charge is -2.14. The molecule has 0 bridgehead atoms. The number of benzene rings is 2. The molecule has 2 N–H and O–H groups in total. The van der Waals surface area contributed by atoms with Gasteiger partial charge in [-0.1, -0.05) is 30.3 Å². The van der Waals surface area contributed by atoms with E-state index in [4.69, 9.17) is 0 Å². The summed E-state index contributed by atoms with van der Waals surface area (Å²) in [6.07, 6.45) is -4.38. The highest BCUT2D eigenvalue weighted by atomic mass is 19.4. The van der Waals surface area contributed by atoms with Crippen molar-refractivity contribution in [1.29, 1.82) is 0 Å². The van der Waals surface area contributed by atoms with Crippen LogP contribution in [0.25, 0.3) is 0 Å². The third-order valence-electron chi connectivity index (χ3n) is 3.36. The van der Waals surface area contributed by atoms with Crippen LogP contribution in [0.3, 0.4) is 0 Å². The van der Waals surface area contributed by atoms with Crippen molar-refractivity contribution in [2.75, 3.05) is 11.9 Å². The molecule has 2 rings (SSSR count). The van der Waals surface area contributed by atoms with E-state index in [1.165, 1.54) is 12.1 Å². The number of rotatable bonds is 5. The highest BCUT2D eigenvalue weighted by Gasteiger charge is 2.29. The van der Waals surface area contributed by atoms with E-state index in [0.29, 0.717) is 5.69 Å². The molecule has 6 heteroatoms. The molecule has 2 aromatic rings. The first-order valence-corrected chi connectivity index (χ1v) is 7.11. The van der Waals surface area contributed by atoms with Gasteiger partial charge in [0.2, 0.25) is 5.91 Å². The van der Waals surface area contributed by atoms with Crippen molar-refractivity contribution >= 4 is 11.6 Å². The smallest absolute Gasteiger partial charge is 0.325 e. The molecule has 3 nitrogen and oxygen atoms in total. The highest BCUT2D eigenvalue weighted by Crippen LogP contribution is 2.29. The number of amides is 1. The maximum atomic E-state index is 12.5. The second-order valence-electron chi connectivity index (χ2n) is 5.14. The van der Waals surface area contributed by atoms with Gasteiger partial charge in [0.1, 0.15) is 0 Å². The van der Waals surface area contributed by atoms with Gasteiger partial charge in [0.25, 0.3) is 0 Å². The number of anilines is 1. The molecule has 0 aliphatic carbocycles. The van der Waals surface area contributed by atoms with Crippen molar-refractivity contribution in [3.63, 3.8) is 0 Å². The van der Waals surface area contributed by atoms with Gasteiger partial charge in [-0.2, -0.15) is 13.2 Å². The van der Waals surface area contributed by atoms with Gasteiger partial charge < -0.3 is 10.6 Å². The van der Waals surface area contributed by atoms with E-state index in [-0.39, 0.29) is 18.5 Å². The monoisotopic (exact) mass is 322 g/mol. The van der Waals surface area contributed by atoms with E-state index < -0.39 is 11.7 Å². The highest BCUT2D eigenvalue weighted by molar-refractivity contribution is 5.92. The summed E-state index contributed by atoms with van der Waals surface area (Å²) in [5.41, 5.74) is 0.637. The van der Waals surface area contributed by atoms with Gasteiger partial charge in [-0.15, -0.1) is 0 Å². The number of halogens is 3. The van der Waals surface area contributed by atoms with Crippen LogP contribution in [0.2, 0.25) is 0 Å². The van der Waals surface area contributed by atoms with Crippen molar-refractivity contribution in [1.82, 2.24) is 5.32 Å². The summed E-state index contributed by atoms with van der Waals surface area (Å²) in [7, 11) is 0. The van der Waals surface area contributed by atoms with E-state index in [1.54, 1.807) is 0 Å². The summed E-state index contributed by atoms with van der Waals surface area (Å²) in [4.78, 5) is 11.8. The SMILES string of the molecule is C[C@H](NCC(=O)Nc1ccc(C(F)(F)F)cc1)c1ccccc1. The zero-order chi connectivity index (χ0) is 16.9. The zero-order valence-corrected chi connectivity index (χ0v) is 12.5. The predicted octanol–water partition coefficient (Wildman–Crippen LogP) is 3.99. The van der Waals surface area contributed by atoms with Crippen molar-refractivity contribution in [2.24, 2.45) is 0 Å². The lowest BCUT2D eigenvalue weighted by atomic mass is 10.1. The lowest BCUT2D eigenvalue weighted by molar-refractivity contribution is -0.137. The minimum atomic E-state index is -4.38. The Labute approximate surface area is 132 Å². The average Bonchev–Trinajstić information content (AvgIpc) is 2.53. The summed E-state index contributed by atoms with van der Waals surface area (Å²) < 4.78 is 37.4. The first kappa shape index (κ1) is 17.0. The van der Waals surface area contributed by atoms with Crippen molar-refractivity contribution < 1.29 is 18.0 Å². The minimum Gasteiger partial charge on any atom is -0.325 e. The molecule has 0 spiro atoms. The van der Waals surface area contributed by atoms with Gasteiger partial charge in [-0.3, -0.25) is 4.79 Å². The topological polar surface area (TPSA) is 41.1 Å². The maximum absolute atomic E-state index is 12.5. The van der Waals surface area contributed by atoms with Crippen molar-refractivity contribution in [2.45, 2.75) is 19.1 Å². The lowest BCUT2D eigenvalue weighted by Crippen LogP contribution is -2.30. The molecule has 0 radical (unpaired) electrons. The molecule has 1 atom stereocenters. The van der Waals surface area contributed by atoms with E-state index in [9.17, 15) is 18.0 Å². The standard InChI is InChI=1S/C17H17F3N2O/c1-12(13-5-3-2-4-6-13)21-11-16(23)22-15-9-7-14(8-10-15)17(18,19)20/h2-10,12,21H,11H2,1H3,(H,22,23)/t12-/m0/s1. The summed E-state index contributed by atoms with van der Waals surface area (Å²) in [5.74, 6) is -0.312. The van der Waals surface area contributed by atoms with E-state index >= 15 is 0 Å². The fourth-order valence-corrected chi connectivity index (χ4v) is 2.05. The molecule has 2 aromatic carbocycles. The van der Waals surface area contributed by atoms with Gasteiger partial charge in [0.15, 0.2) is 0 Å². The Kier molecular flexibility index (Phi) is 5.39. The molecule has 0 aliphatic rings. The van der Waals surface area contributed by atoms with Gasteiger partial charge in [0.05, 0.1) is 12.1 Å². The Morgan fingerprint density at radius 2 is 1.65 bits per heavy atom. The molecule has 0 saturated carbocycles. The van der Waals surface area contributed by atoms with Crippen LogP contribution in [0.4, 0.5) is 18.9 Å². The van der Waals surface area contributed by atoms with Gasteiger partial charge in [-0.25, -0.2) is 0 Å². The Balaban J connectivity index is 1.85. The fraction of sp³-hybridized carbons (Fsp3) is 0.235. The predicted molar refractivity (Wildman–Crippen MR) is 82.9 cm³/mol. The van der Waals surface area contributed by atoms with Crippen LogP contribution in [0, 0.1) is 0 Å². The number of nitrogens with one attached hydrogen (secondary N) is 2.